The lowest BCUT2D eigenvalue weighted by atomic mass is 10.1. The number of nitrogens with zero attached hydrogens (tertiary/aromatic N) is 1. The van der Waals surface area contributed by atoms with Gasteiger partial charge >= 0.3 is 0 Å². The van der Waals surface area contributed by atoms with Gasteiger partial charge in [0.05, 0.1) is 0 Å². The van der Waals surface area contributed by atoms with Crippen LogP contribution in [0.4, 0.5) is 0 Å². The Morgan fingerprint density at radius 3 is 2.43 bits per heavy atom. The summed E-state index contributed by atoms with van der Waals surface area (Å²) in [6, 6.07) is 19.3. The van der Waals surface area contributed by atoms with Crippen LogP contribution in [0, 0.1) is 0 Å². The van der Waals surface area contributed by atoms with Crippen LogP contribution in [0.25, 0.3) is 44.5 Å². The smallest absolute Gasteiger partial charge is 0.227 e. The molecule has 0 aliphatic rings. The second kappa shape index (κ2) is 4.61. The Hall–Kier alpha value is -2.78. The number of fused-ring (bicyclic) bond motifs is 4. The van der Waals surface area contributed by atoms with E-state index in [0.29, 0.717) is 16.5 Å². The Morgan fingerprint density at radius 2 is 1.57 bits per heavy atom. The molecule has 0 bridgehead atoms. The van der Waals surface area contributed by atoms with Crippen molar-refractivity contribution in [2.24, 2.45) is 0 Å². The summed E-state index contributed by atoms with van der Waals surface area (Å²) in [5, 5.41) is 2.66. The predicted octanol–water partition coefficient (Wildman–Crippen LogP) is 6.05. The van der Waals surface area contributed by atoms with Gasteiger partial charge in [0.2, 0.25) is 5.89 Å². The van der Waals surface area contributed by atoms with Gasteiger partial charge in [0.15, 0.2) is 5.58 Å². The van der Waals surface area contributed by atoms with Gasteiger partial charge in [-0.1, -0.05) is 29.8 Å². The molecule has 0 saturated heterocycles. The average Bonchev–Trinajstić information content (AvgIpc) is 3.14. The van der Waals surface area contributed by atoms with E-state index in [1.807, 2.05) is 60.7 Å². The van der Waals surface area contributed by atoms with Gasteiger partial charge in [0.1, 0.15) is 16.7 Å². The summed E-state index contributed by atoms with van der Waals surface area (Å²) in [7, 11) is 0. The molecule has 0 unspecified atom stereocenters. The second-order valence-electron chi connectivity index (χ2n) is 5.44. The van der Waals surface area contributed by atoms with E-state index in [1.54, 1.807) is 0 Å². The molecule has 0 amide bonds. The van der Waals surface area contributed by atoms with Crippen molar-refractivity contribution in [3.8, 4) is 11.5 Å². The van der Waals surface area contributed by atoms with Gasteiger partial charge < -0.3 is 8.83 Å². The third kappa shape index (κ3) is 1.94. The molecule has 23 heavy (non-hydrogen) atoms. The zero-order chi connectivity index (χ0) is 15.4. The maximum atomic E-state index is 6.10. The Labute approximate surface area is 136 Å². The normalized spacial score (nSPS) is 11.7. The van der Waals surface area contributed by atoms with Crippen molar-refractivity contribution in [1.29, 1.82) is 0 Å². The quantitative estimate of drug-likeness (QED) is 0.377. The molecule has 5 aromatic rings. The first-order valence-electron chi connectivity index (χ1n) is 7.26. The van der Waals surface area contributed by atoms with E-state index in [2.05, 4.69) is 4.98 Å². The first-order valence-corrected chi connectivity index (χ1v) is 7.63. The molecule has 0 atom stereocenters. The summed E-state index contributed by atoms with van der Waals surface area (Å²) in [6.07, 6.45) is 0. The molecule has 5 rings (SSSR count). The lowest BCUT2D eigenvalue weighted by Crippen LogP contribution is -1.74. The fourth-order valence-electron chi connectivity index (χ4n) is 2.87. The Balaban J connectivity index is 1.80. The molecule has 3 nitrogen and oxygen atoms in total. The molecule has 0 aliphatic carbocycles. The first kappa shape index (κ1) is 12.7. The highest BCUT2D eigenvalue weighted by atomic mass is 35.5. The molecule has 4 heteroatoms. The van der Waals surface area contributed by atoms with Gasteiger partial charge in [-0.15, -0.1) is 0 Å². The third-order valence-electron chi connectivity index (χ3n) is 3.96. The molecule has 110 valence electrons. The van der Waals surface area contributed by atoms with Gasteiger partial charge in [0.25, 0.3) is 0 Å². The number of furan rings is 1. The number of rotatable bonds is 1. The fraction of sp³-hybridized carbons (Fsp3) is 0. The largest absolute Gasteiger partial charge is 0.456 e. The molecule has 0 spiro atoms. The third-order valence-corrected chi connectivity index (χ3v) is 4.20. The molecule has 0 aliphatic heterocycles. The van der Waals surface area contributed by atoms with Crippen molar-refractivity contribution in [3.05, 3.63) is 65.7 Å². The van der Waals surface area contributed by atoms with Crippen molar-refractivity contribution < 1.29 is 8.83 Å². The van der Waals surface area contributed by atoms with Gasteiger partial charge in [-0.25, -0.2) is 4.98 Å². The predicted molar refractivity (Wildman–Crippen MR) is 91.7 cm³/mol. The van der Waals surface area contributed by atoms with Gasteiger partial charge in [-0.3, -0.25) is 0 Å². The number of oxazole rings is 1. The minimum atomic E-state index is 0.607. The van der Waals surface area contributed by atoms with E-state index in [-0.39, 0.29) is 0 Å². The minimum Gasteiger partial charge on any atom is -0.456 e. The van der Waals surface area contributed by atoms with Crippen LogP contribution in [0.5, 0.6) is 0 Å². The molecule has 2 heterocycles. The molecule has 0 radical (unpaired) electrons. The number of hydrogen-bond donors (Lipinski definition) is 0. The average molecular weight is 320 g/mol. The lowest BCUT2D eigenvalue weighted by molar-refractivity contribution is 0.617. The van der Waals surface area contributed by atoms with E-state index in [0.717, 1.165) is 33.0 Å². The van der Waals surface area contributed by atoms with E-state index in [4.69, 9.17) is 20.4 Å². The van der Waals surface area contributed by atoms with Crippen molar-refractivity contribution in [2.45, 2.75) is 0 Å². The topological polar surface area (TPSA) is 39.2 Å². The number of halogens is 1. The fourth-order valence-corrected chi connectivity index (χ4v) is 3.05. The highest BCUT2D eigenvalue weighted by molar-refractivity contribution is 6.31. The summed E-state index contributed by atoms with van der Waals surface area (Å²) in [6.45, 7) is 0. The molecule has 0 saturated carbocycles. The van der Waals surface area contributed by atoms with Crippen LogP contribution in [-0.4, -0.2) is 4.98 Å². The molecular weight excluding hydrogens is 310 g/mol. The lowest BCUT2D eigenvalue weighted by Gasteiger charge is -1.91. The molecule has 0 N–H and O–H groups in total. The minimum absolute atomic E-state index is 0.607. The van der Waals surface area contributed by atoms with Gasteiger partial charge in [-0.05, 0) is 36.4 Å². The van der Waals surface area contributed by atoms with Crippen LogP contribution < -0.4 is 0 Å². The maximum Gasteiger partial charge on any atom is 0.227 e. The van der Waals surface area contributed by atoms with E-state index < -0.39 is 0 Å². The van der Waals surface area contributed by atoms with Crippen LogP contribution in [0.15, 0.2) is 69.5 Å². The zero-order valence-corrected chi connectivity index (χ0v) is 12.7. The van der Waals surface area contributed by atoms with Crippen LogP contribution in [0.1, 0.15) is 0 Å². The Kier molecular flexibility index (Phi) is 2.55. The highest BCUT2D eigenvalue weighted by Crippen LogP contribution is 2.34. The van der Waals surface area contributed by atoms with Gasteiger partial charge in [-0.2, -0.15) is 0 Å². The Bertz CT molecular complexity index is 1170. The van der Waals surface area contributed by atoms with Crippen LogP contribution in [0.2, 0.25) is 5.02 Å². The summed E-state index contributed by atoms with van der Waals surface area (Å²) >= 11 is 6.10. The molecule has 0 fully saturated rings. The second-order valence-corrected chi connectivity index (χ2v) is 5.88. The summed E-state index contributed by atoms with van der Waals surface area (Å²) in [4.78, 5) is 4.60. The maximum absolute atomic E-state index is 6.10. The summed E-state index contributed by atoms with van der Waals surface area (Å²) < 4.78 is 11.8. The van der Waals surface area contributed by atoms with Crippen molar-refractivity contribution in [2.75, 3.05) is 0 Å². The Morgan fingerprint density at radius 1 is 0.739 bits per heavy atom. The molecule has 3 aromatic carbocycles. The number of benzene rings is 3. The summed E-state index contributed by atoms with van der Waals surface area (Å²) in [5.41, 5.74) is 4.04. The number of hydrogen-bond acceptors (Lipinski definition) is 3. The zero-order valence-electron chi connectivity index (χ0n) is 11.9. The van der Waals surface area contributed by atoms with Crippen molar-refractivity contribution in [3.63, 3.8) is 0 Å². The summed E-state index contributed by atoms with van der Waals surface area (Å²) in [5.74, 6) is 0.607. The van der Waals surface area contributed by atoms with E-state index in [9.17, 15) is 0 Å². The molecular formula is C19H10ClNO2. The molecule has 2 aromatic heterocycles. The van der Waals surface area contributed by atoms with E-state index >= 15 is 0 Å². The van der Waals surface area contributed by atoms with Crippen molar-refractivity contribution >= 4 is 44.6 Å². The van der Waals surface area contributed by atoms with E-state index in [1.165, 1.54) is 0 Å². The standard InChI is InChI=1S/C19H10ClNO2/c20-12-6-7-16-13(8-12)14-9-15-18(10-17(14)22-16)23-19(21-15)11-4-2-1-3-5-11/h1-10H. The van der Waals surface area contributed by atoms with Crippen LogP contribution >= 0.6 is 11.6 Å². The SMILES string of the molecule is Clc1ccc2oc3cc4oc(-c5ccccc5)nc4cc3c2c1. The van der Waals surface area contributed by atoms with Crippen molar-refractivity contribution in [1.82, 2.24) is 4.98 Å². The first-order chi connectivity index (χ1) is 11.3. The van der Waals surface area contributed by atoms with Crippen LogP contribution in [0.3, 0.4) is 0 Å². The van der Waals surface area contributed by atoms with Gasteiger partial charge in [0, 0.05) is 27.4 Å². The number of aromatic nitrogens is 1. The van der Waals surface area contributed by atoms with Crippen LogP contribution in [-0.2, 0) is 0 Å². The monoisotopic (exact) mass is 319 g/mol. The highest BCUT2D eigenvalue weighted by Gasteiger charge is 2.13.